The van der Waals surface area contributed by atoms with Gasteiger partial charge >= 0.3 is 0 Å². The van der Waals surface area contributed by atoms with Crippen molar-refractivity contribution < 1.29 is 9.47 Å². The maximum Gasteiger partial charge on any atom is 0.158 e. The van der Waals surface area contributed by atoms with Crippen molar-refractivity contribution in [3.8, 4) is 11.4 Å². The number of methoxy groups -OCH3 is 1. The van der Waals surface area contributed by atoms with Crippen LogP contribution < -0.4 is 9.64 Å². The molecule has 4 heteroatoms. The summed E-state index contributed by atoms with van der Waals surface area (Å²) in [7, 11) is 1.71. The Morgan fingerprint density at radius 1 is 1.00 bits per heavy atom. The highest BCUT2D eigenvalue weighted by atomic mass is 16.5. The van der Waals surface area contributed by atoms with Gasteiger partial charge in [0, 0.05) is 30.2 Å². The van der Waals surface area contributed by atoms with Gasteiger partial charge in [-0.25, -0.2) is 0 Å². The van der Waals surface area contributed by atoms with Crippen molar-refractivity contribution in [2.75, 3.05) is 25.2 Å². The second-order valence-corrected chi connectivity index (χ2v) is 5.78. The maximum absolute atomic E-state index is 6.01. The van der Waals surface area contributed by atoms with E-state index < -0.39 is 0 Å². The van der Waals surface area contributed by atoms with Gasteiger partial charge in [0.15, 0.2) is 6.23 Å². The minimum absolute atomic E-state index is 0.0914. The Labute approximate surface area is 141 Å². The zero-order chi connectivity index (χ0) is 16.4. The van der Waals surface area contributed by atoms with Crippen molar-refractivity contribution >= 4 is 5.69 Å². The first-order valence-electron chi connectivity index (χ1n) is 8.11. The van der Waals surface area contributed by atoms with Gasteiger partial charge in [-0.3, -0.25) is 0 Å². The molecule has 0 bridgehead atoms. The fourth-order valence-electron chi connectivity index (χ4n) is 3.18. The molecule has 0 amide bonds. The summed E-state index contributed by atoms with van der Waals surface area (Å²) in [5.74, 6) is 0.871. The summed E-state index contributed by atoms with van der Waals surface area (Å²) in [5, 5.41) is 0. The van der Waals surface area contributed by atoms with E-state index in [9.17, 15) is 0 Å². The lowest BCUT2D eigenvalue weighted by molar-refractivity contribution is 0.113. The van der Waals surface area contributed by atoms with Crippen LogP contribution in [0.5, 0.6) is 5.75 Å². The largest absolute Gasteiger partial charge is 0.495 e. The highest BCUT2D eigenvalue weighted by Crippen LogP contribution is 2.37. The number of ether oxygens (including phenoxy) is 2. The van der Waals surface area contributed by atoms with Gasteiger partial charge in [0.2, 0.25) is 0 Å². The van der Waals surface area contributed by atoms with Gasteiger partial charge in [-0.2, -0.15) is 0 Å². The Morgan fingerprint density at radius 2 is 1.79 bits per heavy atom. The minimum atomic E-state index is -0.0914. The van der Waals surface area contributed by atoms with Gasteiger partial charge in [0.25, 0.3) is 0 Å². The SMILES string of the molecule is COc1ccccc1N1CCO[C@H]1c1ccn(-c2ccccc2)c1. The number of hydrogen-bond acceptors (Lipinski definition) is 3. The molecule has 1 aliphatic heterocycles. The molecule has 0 aliphatic carbocycles. The van der Waals surface area contributed by atoms with E-state index in [4.69, 9.17) is 9.47 Å². The molecule has 1 saturated heterocycles. The molecular weight excluding hydrogens is 300 g/mol. The van der Waals surface area contributed by atoms with E-state index in [-0.39, 0.29) is 6.23 Å². The monoisotopic (exact) mass is 320 g/mol. The number of hydrogen-bond donors (Lipinski definition) is 0. The van der Waals surface area contributed by atoms with Crippen molar-refractivity contribution in [1.29, 1.82) is 0 Å². The number of para-hydroxylation sites is 3. The summed E-state index contributed by atoms with van der Waals surface area (Å²) in [5.41, 5.74) is 3.35. The van der Waals surface area contributed by atoms with Gasteiger partial charge in [-0.1, -0.05) is 30.3 Å². The molecule has 1 aromatic heterocycles. The molecule has 1 aliphatic rings. The van der Waals surface area contributed by atoms with E-state index in [0.29, 0.717) is 6.61 Å². The first kappa shape index (κ1) is 14.8. The normalized spacial score (nSPS) is 17.2. The second-order valence-electron chi connectivity index (χ2n) is 5.78. The van der Waals surface area contributed by atoms with Crippen LogP contribution in [-0.2, 0) is 4.74 Å². The first-order chi connectivity index (χ1) is 11.9. The summed E-state index contributed by atoms with van der Waals surface area (Å²) in [4.78, 5) is 2.25. The lowest BCUT2D eigenvalue weighted by Crippen LogP contribution is -2.23. The van der Waals surface area contributed by atoms with Crippen molar-refractivity contribution in [3.63, 3.8) is 0 Å². The molecule has 0 spiro atoms. The van der Waals surface area contributed by atoms with E-state index in [0.717, 1.165) is 29.2 Å². The zero-order valence-corrected chi connectivity index (χ0v) is 13.6. The lowest BCUT2D eigenvalue weighted by Gasteiger charge is -2.26. The van der Waals surface area contributed by atoms with Crippen LogP contribution in [0.4, 0.5) is 5.69 Å². The Balaban J connectivity index is 1.65. The van der Waals surface area contributed by atoms with Crippen LogP contribution in [0.15, 0.2) is 73.1 Å². The van der Waals surface area contributed by atoms with Crippen LogP contribution in [0.2, 0.25) is 0 Å². The number of rotatable bonds is 4. The van der Waals surface area contributed by atoms with Gasteiger partial charge in [0.05, 0.1) is 19.4 Å². The molecule has 4 nitrogen and oxygen atoms in total. The third kappa shape index (κ3) is 2.65. The molecule has 24 heavy (non-hydrogen) atoms. The highest BCUT2D eigenvalue weighted by molar-refractivity contribution is 5.60. The van der Waals surface area contributed by atoms with E-state index >= 15 is 0 Å². The third-order valence-corrected chi connectivity index (χ3v) is 4.34. The molecule has 3 aromatic rings. The van der Waals surface area contributed by atoms with Crippen molar-refractivity contribution in [2.24, 2.45) is 0 Å². The molecule has 0 saturated carbocycles. The molecule has 0 N–H and O–H groups in total. The predicted octanol–water partition coefficient (Wildman–Crippen LogP) is 4.02. The standard InChI is InChI=1S/C20H20N2O2/c1-23-19-10-6-5-9-18(19)22-13-14-24-20(22)16-11-12-21(15-16)17-7-3-2-4-8-17/h2-12,15,20H,13-14H2,1H3/t20-/m0/s1. The van der Waals surface area contributed by atoms with Crippen LogP contribution in [0, 0.1) is 0 Å². The molecular formula is C20H20N2O2. The average molecular weight is 320 g/mol. The Bertz CT molecular complexity index is 813. The van der Waals surface area contributed by atoms with Gasteiger partial charge in [-0.15, -0.1) is 0 Å². The number of nitrogens with zero attached hydrogens (tertiary/aromatic N) is 2. The van der Waals surface area contributed by atoms with E-state index in [1.165, 1.54) is 0 Å². The number of benzene rings is 2. The minimum Gasteiger partial charge on any atom is -0.495 e. The maximum atomic E-state index is 6.01. The van der Waals surface area contributed by atoms with Crippen molar-refractivity contribution in [2.45, 2.75) is 6.23 Å². The smallest absolute Gasteiger partial charge is 0.158 e. The molecule has 2 heterocycles. The fraction of sp³-hybridized carbons (Fsp3) is 0.200. The van der Waals surface area contributed by atoms with Crippen molar-refractivity contribution in [3.05, 3.63) is 78.6 Å². The average Bonchev–Trinajstić information content (AvgIpc) is 3.31. The fourth-order valence-corrected chi connectivity index (χ4v) is 3.18. The second kappa shape index (κ2) is 6.42. The Hall–Kier alpha value is -2.72. The number of anilines is 1. The Morgan fingerprint density at radius 3 is 2.62 bits per heavy atom. The topological polar surface area (TPSA) is 26.6 Å². The van der Waals surface area contributed by atoms with Crippen LogP contribution >= 0.6 is 0 Å². The number of aromatic nitrogens is 1. The summed E-state index contributed by atoms with van der Waals surface area (Å²) in [6, 6.07) is 20.5. The van der Waals surface area contributed by atoms with Gasteiger partial charge in [-0.05, 0) is 30.3 Å². The molecule has 1 atom stereocenters. The van der Waals surface area contributed by atoms with Gasteiger partial charge < -0.3 is 18.9 Å². The third-order valence-electron chi connectivity index (χ3n) is 4.34. The summed E-state index contributed by atoms with van der Waals surface area (Å²) < 4.78 is 13.6. The van der Waals surface area contributed by atoms with Crippen LogP contribution in [0.3, 0.4) is 0 Å². The summed E-state index contributed by atoms with van der Waals surface area (Å²) in [6.45, 7) is 1.56. The quantitative estimate of drug-likeness (QED) is 0.726. The van der Waals surface area contributed by atoms with Crippen molar-refractivity contribution in [1.82, 2.24) is 4.57 Å². The lowest BCUT2D eigenvalue weighted by atomic mass is 10.2. The highest BCUT2D eigenvalue weighted by Gasteiger charge is 2.29. The predicted molar refractivity (Wildman–Crippen MR) is 94.8 cm³/mol. The molecule has 122 valence electrons. The molecule has 0 unspecified atom stereocenters. The first-order valence-corrected chi connectivity index (χ1v) is 8.11. The van der Waals surface area contributed by atoms with E-state index in [2.05, 4.69) is 46.1 Å². The summed E-state index contributed by atoms with van der Waals surface area (Å²) in [6.07, 6.45) is 4.12. The summed E-state index contributed by atoms with van der Waals surface area (Å²) >= 11 is 0. The van der Waals surface area contributed by atoms with Crippen LogP contribution in [-0.4, -0.2) is 24.8 Å². The van der Waals surface area contributed by atoms with Crippen LogP contribution in [0.25, 0.3) is 5.69 Å². The van der Waals surface area contributed by atoms with Gasteiger partial charge in [0.1, 0.15) is 5.75 Å². The molecule has 2 aromatic carbocycles. The molecule has 1 fully saturated rings. The molecule has 4 rings (SSSR count). The van der Waals surface area contributed by atoms with E-state index in [1.54, 1.807) is 7.11 Å². The van der Waals surface area contributed by atoms with Crippen LogP contribution in [0.1, 0.15) is 11.8 Å². The zero-order valence-electron chi connectivity index (χ0n) is 13.6. The molecule has 0 radical (unpaired) electrons. The Kier molecular flexibility index (Phi) is 3.97. The van der Waals surface area contributed by atoms with E-state index in [1.807, 2.05) is 36.4 Å².